The standard InChI is InChI=1S/C24H22N4O3S/c1-15-17-12-21(32-24(17)28(26-15)13-16-8-4-3-5-9-16)23(30)27-14-20(22(29)25-2)31-19-11-7-6-10-18(19)27/h3-12,20H,13-14H2,1-2H3,(H,25,29)/t20-/m0/s1. The second kappa shape index (κ2) is 8.12. The molecule has 0 spiro atoms. The minimum Gasteiger partial charge on any atom is -0.477 e. The number of carbonyl (C=O) groups is 2. The Morgan fingerprint density at radius 1 is 1.16 bits per heavy atom. The van der Waals surface area contributed by atoms with Crippen LogP contribution in [0, 0.1) is 6.92 Å². The predicted molar refractivity (Wildman–Crippen MR) is 124 cm³/mol. The van der Waals surface area contributed by atoms with Gasteiger partial charge in [0.2, 0.25) is 0 Å². The summed E-state index contributed by atoms with van der Waals surface area (Å²) >= 11 is 1.42. The number of hydrogen-bond acceptors (Lipinski definition) is 5. The summed E-state index contributed by atoms with van der Waals surface area (Å²) in [6, 6.07) is 19.3. The number of hydrogen-bond donors (Lipinski definition) is 1. The summed E-state index contributed by atoms with van der Waals surface area (Å²) in [5.41, 5.74) is 2.70. The second-order valence-corrected chi connectivity index (χ2v) is 8.69. The van der Waals surface area contributed by atoms with Crippen LogP contribution in [0.3, 0.4) is 0 Å². The van der Waals surface area contributed by atoms with Crippen molar-refractivity contribution in [3.05, 3.63) is 76.8 Å². The highest BCUT2D eigenvalue weighted by molar-refractivity contribution is 7.20. The molecule has 162 valence electrons. The molecule has 32 heavy (non-hydrogen) atoms. The summed E-state index contributed by atoms with van der Waals surface area (Å²) in [6.45, 7) is 2.74. The number of anilines is 1. The molecule has 0 saturated carbocycles. The average molecular weight is 447 g/mol. The fourth-order valence-corrected chi connectivity index (χ4v) is 5.05. The molecule has 2 amide bonds. The van der Waals surface area contributed by atoms with Crippen molar-refractivity contribution in [3.8, 4) is 5.75 Å². The zero-order valence-electron chi connectivity index (χ0n) is 17.7. The summed E-state index contributed by atoms with van der Waals surface area (Å²) in [4.78, 5) is 29.0. The third-order valence-corrected chi connectivity index (χ3v) is 6.69. The molecule has 1 aliphatic rings. The number of aryl methyl sites for hydroxylation is 1. The number of nitrogens with one attached hydrogen (secondary N) is 1. The quantitative estimate of drug-likeness (QED) is 0.520. The molecule has 4 aromatic rings. The van der Waals surface area contributed by atoms with Crippen molar-refractivity contribution in [2.75, 3.05) is 18.5 Å². The smallest absolute Gasteiger partial charge is 0.268 e. The Morgan fingerprint density at radius 2 is 1.91 bits per heavy atom. The Labute approximate surface area is 189 Å². The zero-order valence-corrected chi connectivity index (χ0v) is 18.6. The molecule has 0 unspecified atom stereocenters. The molecule has 8 heteroatoms. The van der Waals surface area contributed by atoms with Crippen molar-refractivity contribution in [2.24, 2.45) is 0 Å². The zero-order chi connectivity index (χ0) is 22.2. The molecular weight excluding hydrogens is 424 g/mol. The molecule has 7 nitrogen and oxygen atoms in total. The average Bonchev–Trinajstić information content (AvgIpc) is 3.39. The fourth-order valence-electron chi connectivity index (χ4n) is 3.94. The number of carbonyl (C=O) groups excluding carboxylic acids is 2. The summed E-state index contributed by atoms with van der Waals surface area (Å²) in [5, 5.41) is 8.25. The van der Waals surface area contributed by atoms with E-state index in [0.29, 0.717) is 22.9 Å². The van der Waals surface area contributed by atoms with Crippen LogP contribution >= 0.6 is 11.3 Å². The number of aromatic nitrogens is 2. The number of benzene rings is 2. The maximum Gasteiger partial charge on any atom is 0.268 e. The van der Waals surface area contributed by atoms with Crippen LogP contribution in [0.1, 0.15) is 20.9 Å². The molecular formula is C24H22N4O3S. The third kappa shape index (κ3) is 3.52. The monoisotopic (exact) mass is 446 g/mol. The Morgan fingerprint density at radius 3 is 2.69 bits per heavy atom. The van der Waals surface area contributed by atoms with Gasteiger partial charge in [0, 0.05) is 12.4 Å². The number of nitrogens with zero attached hydrogens (tertiary/aromatic N) is 3. The predicted octanol–water partition coefficient (Wildman–Crippen LogP) is 3.61. The highest BCUT2D eigenvalue weighted by Crippen LogP contribution is 2.36. The molecule has 2 aromatic carbocycles. The van der Waals surface area contributed by atoms with E-state index in [1.54, 1.807) is 18.0 Å². The maximum atomic E-state index is 13.6. The van der Waals surface area contributed by atoms with E-state index in [9.17, 15) is 9.59 Å². The van der Waals surface area contributed by atoms with Gasteiger partial charge in [0.05, 0.1) is 29.3 Å². The first kappa shape index (κ1) is 20.3. The molecule has 0 bridgehead atoms. The van der Waals surface area contributed by atoms with Crippen LogP contribution in [0.5, 0.6) is 5.75 Å². The molecule has 0 fully saturated rings. The van der Waals surface area contributed by atoms with Gasteiger partial charge in [-0.15, -0.1) is 11.3 Å². The number of thiophene rings is 1. The van der Waals surface area contributed by atoms with Gasteiger partial charge in [-0.1, -0.05) is 42.5 Å². The van der Waals surface area contributed by atoms with Gasteiger partial charge in [0.1, 0.15) is 10.6 Å². The number of likely N-dealkylation sites (N-methyl/N-ethyl adjacent to an activating group) is 1. The topological polar surface area (TPSA) is 76.5 Å². The van der Waals surface area contributed by atoms with Crippen molar-refractivity contribution < 1.29 is 14.3 Å². The molecule has 0 radical (unpaired) electrons. The van der Waals surface area contributed by atoms with E-state index in [0.717, 1.165) is 21.5 Å². The van der Waals surface area contributed by atoms with Gasteiger partial charge in [-0.05, 0) is 30.7 Å². The van der Waals surface area contributed by atoms with Crippen LogP contribution in [0.15, 0.2) is 60.7 Å². The SMILES string of the molecule is CNC(=O)[C@@H]1CN(C(=O)c2cc3c(C)nn(Cc4ccccc4)c3s2)c2ccccc2O1. The van der Waals surface area contributed by atoms with Crippen LogP contribution < -0.4 is 15.0 Å². The number of rotatable bonds is 4. The Kier molecular flexibility index (Phi) is 5.14. The highest BCUT2D eigenvalue weighted by Gasteiger charge is 2.34. The molecule has 1 aliphatic heterocycles. The number of ether oxygens (including phenoxy) is 1. The second-order valence-electron chi connectivity index (χ2n) is 7.66. The first-order chi connectivity index (χ1) is 15.5. The van der Waals surface area contributed by atoms with Crippen molar-refractivity contribution in [1.29, 1.82) is 0 Å². The lowest BCUT2D eigenvalue weighted by atomic mass is 10.1. The lowest BCUT2D eigenvalue weighted by Gasteiger charge is -2.33. The molecule has 0 aliphatic carbocycles. The Hall–Kier alpha value is -3.65. The summed E-state index contributed by atoms with van der Waals surface area (Å²) in [7, 11) is 1.56. The first-order valence-corrected chi connectivity index (χ1v) is 11.2. The van der Waals surface area contributed by atoms with Crippen molar-refractivity contribution in [3.63, 3.8) is 0 Å². The molecule has 0 saturated heterocycles. The Bertz CT molecular complexity index is 1310. The highest BCUT2D eigenvalue weighted by atomic mass is 32.1. The van der Waals surface area contributed by atoms with E-state index in [1.165, 1.54) is 11.3 Å². The van der Waals surface area contributed by atoms with Crippen molar-refractivity contribution >= 4 is 39.1 Å². The number of fused-ring (bicyclic) bond motifs is 2. The van der Waals surface area contributed by atoms with Gasteiger partial charge >= 0.3 is 0 Å². The maximum absolute atomic E-state index is 13.6. The summed E-state index contributed by atoms with van der Waals surface area (Å²) < 4.78 is 7.78. The van der Waals surface area contributed by atoms with Gasteiger partial charge in [-0.3, -0.25) is 19.2 Å². The summed E-state index contributed by atoms with van der Waals surface area (Å²) in [5.74, 6) is 0.109. The van der Waals surface area contributed by atoms with Crippen LogP contribution in [0.25, 0.3) is 10.2 Å². The van der Waals surface area contributed by atoms with Crippen LogP contribution in [-0.2, 0) is 11.3 Å². The molecule has 1 N–H and O–H groups in total. The molecule has 3 heterocycles. The van der Waals surface area contributed by atoms with E-state index in [-0.39, 0.29) is 18.4 Å². The van der Waals surface area contributed by atoms with Crippen LogP contribution in [0.4, 0.5) is 5.69 Å². The number of amides is 2. The first-order valence-electron chi connectivity index (χ1n) is 10.3. The molecule has 2 aromatic heterocycles. The van der Waals surface area contributed by atoms with Crippen molar-refractivity contribution in [1.82, 2.24) is 15.1 Å². The van der Waals surface area contributed by atoms with Crippen LogP contribution in [-0.4, -0.2) is 41.3 Å². The van der Waals surface area contributed by atoms with E-state index in [1.807, 2.05) is 54.1 Å². The van der Waals surface area contributed by atoms with Gasteiger partial charge < -0.3 is 10.1 Å². The van der Waals surface area contributed by atoms with E-state index >= 15 is 0 Å². The molecule has 1 atom stereocenters. The van der Waals surface area contributed by atoms with Gasteiger partial charge in [0.15, 0.2) is 6.10 Å². The van der Waals surface area contributed by atoms with Gasteiger partial charge in [-0.25, -0.2) is 0 Å². The minimum absolute atomic E-state index is 0.151. The van der Waals surface area contributed by atoms with Crippen molar-refractivity contribution in [2.45, 2.75) is 19.6 Å². The lowest BCUT2D eigenvalue weighted by Crippen LogP contribution is -2.50. The lowest BCUT2D eigenvalue weighted by molar-refractivity contribution is -0.127. The van der Waals surface area contributed by atoms with Crippen LogP contribution in [0.2, 0.25) is 0 Å². The van der Waals surface area contributed by atoms with Gasteiger partial charge in [-0.2, -0.15) is 5.10 Å². The fraction of sp³-hybridized carbons (Fsp3) is 0.208. The third-order valence-electron chi connectivity index (χ3n) is 5.55. The van der Waals surface area contributed by atoms with E-state index in [2.05, 4.69) is 22.5 Å². The van der Waals surface area contributed by atoms with E-state index in [4.69, 9.17) is 4.74 Å². The number of para-hydroxylation sites is 2. The Balaban J connectivity index is 1.50. The summed E-state index contributed by atoms with van der Waals surface area (Å²) in [6.07, 6.45) is -0.761. The minimum atomic E-state index is -0.761. The molecule has 5 rings (SSSR count). The largest absolute Gasteiger partial charge is 0.477 e. The van der Waals surface area contributed by atoms with E-state index < -0.39 is 6.10 Å². The van der Waals surface area contributed by atoms with Gasteiger partial charge in [0.25, 0.3) is 11.8 Å². The normalized spacial score (nSPS) is 15.3.